The quantitative estimate of drug-likeness (QED) is 0.286. The van der Waals surface area contributed by atoms with Crippen molar-refractivity contribution in [3.05, 3.63) is 82.6 Å². The van der Waals surface area contributed by atoms with Gasteiger partial charge in [0, 0.05) is 0 Å². The van der Waals surface area contributed by atoms with E-state index in [2.05, 4.69) is 5.32 Å². The third-order valence-electron chi connectivity index (χ3n) is 5.98. The summed E-state index contributed by atoms with van der Waals surface area (Å²) in [7, 11) is 0. The monoisotopic (exact) mass is 470 g/mol. The Labute approximate surface area is 189 Å². The van der Waals surface area contributed by atoms with Crippen LogP contribution in [0.2, 0.25) is 0 Å². The third kappa shape index (κ3) is 3.35. The number of nitrogens with one attached hydrogen (secondary N) is 2. The number of ketones is 1. The molecule has 0 bridgehead atoms. The zero-order valence-electron chi connectivity index (χ0n) is 16.9. The van der Waals surface area contributed by atoms with Crippen molar-refractivity contribution in [3.8, 4) is 0 Å². The average Bonchev–Trinajstić information content (AvgIpc) is 3.31. The molecule has 2 heterocycles. The van der Waals surface area contributed by atoms with E-state index in [0.717, 1.165) is 22.1 Å². The Morgan fingerprint density at radius 1 is 0.970 bits per heavy atom. The van der Waals surface area contributed by atoms with Crippen LogP contribution < -0.4 is 10.6 Å². The molecule has 3 N–H and O–H groups in total. The van der Waals surface area contributed by atoms with Gasteiger partial charge in [-0.25, -0.2) is 4.79 Å². The van der Waals surface area contributed by atoms with E-state index in [0.29, 0.717) is 16.3 Å². The number of carbonyl (C=O) groups excluding carboxylic acids is 2. The molecule has 3 atom stereocenters. The summed E-state index contributed by atoms with van der Waals surface area (Å²) in [5.41, 5.74) is -3.42. The number of halogens is 3. The number of aliphatic hydroxyl groups is 1. The van der Waals surface area contributed by atoms with Crippen LogP contribution in [0, 0.1) is 5.92 Å². The summed E-state index contributed by atoms with van der Waals surface area (Å²) < 4.78 is 42.7. The Kier molecular flexibility index (Phi) is 4.91. The van der Waals surface area contributed by atoms with Crippen LogP contribution in [0.25, 0.3) is 21.5 Å². The van der Waals surface area contributed by atoms with E-state index < -0.39 is 35.7 Å². The molecule has 2 amide bonds. The molecule has 0 radical (unpaired) electrons. The second-order valence-electron chi connectivity index (χ2n) is 7.89. The molecule has 168 valence electrons. The number of urea groups is 1. The minimum Gasteiger partial charge on any atom is -0.363 e. The third-order valence-corrected chi connectivity index (χ3v) is 6.86. The number of hydrogen-bond acceptors (Lipinski definition) is 4. The van der Waals surface area contributed by atoms with Crippen molar-refractivity contribution >= 4 is 44.7 Å². The van der Waals surface area contributed by atoms with Crippen LogP contribution in [-0.2, 0) is 0 Å². The van der Waals surface area contributed by atoms with Crippen molar-refractivity contribution in [2.75, 3.05) is 0 Å². The molecule has 9 heteroatoms. The summed E-state index contributed by atoms with van der Waals surface area (Å²) in [6.07, 6.45) is -5.30. The van der Waals surface area contributed by atoms with Gasteiger partial charge >= 0.3 is 12.2 Å². The average molecular weight is 470 g/mol. The first kappa shape index (κ1) is 21.4. The van der Waals surface area contributed by atoms with Gasteiger partial charge in [-0.15, -0.1) is 11.3 Å². The fourth-order valence-corrected chi connectivity index (χ4v) is 5.24. The molecule has 0 aliphatic carbocycles. The maximum atomic E-state index is 14.2. The Morgan fingerprint density at radius 3 is 2.12 bits per heavy atom. The lowest BCUT2D eigenvalue weighted by Gasteiger charge is -2.45. The van der Waals surface area contributed by atoms with Gasteiger partial charge < -0.3 is 15.7 Å². The minimum atomic E-state index is -5.30. The van der Waals surface area contributed by atoms with Crippen LogP contribution in [0.3, 0.4) is 0 Å². The maximum Gasteiger partial charge on any atom is 0.437 e. The van der Waals surface area contributed by atoms with Crippen LogP contribution in [0.4, 0.5) is 18.0 Å². The van der Waals surface area contributed by atoms with Crippen LogP contribution in [0.15, 0.2) is 72.1 Å². The summed E-state index contributed by atoms with van der Waals surface area (Å²) in [5, 5.41) is 19.2. The molecule has 0 saturated carbocycles. The minimum absolute atomic E-state index is 0.0511. The van der Waals surface area contributed by atoms with Crippen molar-refractivity contribution in [2.24, 2.45) is 5.92 Å². The zero-order chi connectivity index (χ0) is 23.4. The fourth-order valence-electron chi connectivity index (χ4n) is 4.54. The van der Waals surface area contributed by atoms with Crippen molar-refractivity contribution < 1.29 is 27.9 Å². The SMILES string of the molecule is O=C1NC(c2c3ccccc3cc3ccccc23)C(C(=O)c2cccs2)C(O)(C(F)(F)F)N1. The molecule has 1 aliphatic rings. The number of rotatable bonds is 3. The Bertz CT molecular complexity index is 1330. The van der Waals surface area contributed by atoms with Crippen molar-refractivity contribution in [2.45, 2.75) is 17.9 Å². The highest BCUT2D eigenvalue weighted by molar-refractivity contribution is 7.12. The molecule has 1 aliphatic heterocycles. The van der Waals surface area contributed by atoms with Gasteiger partial charge in [0.15, 0.2) is 5.78 Å². The van der Waals surface area contributed by atoms with Crippen molar-refractivity contribution in [1.82, 2.24) is 10.6 Å². The second kappa shape index (κ2) is 7.57. The first-order valence-electron chi connectivity index (χ1n) is 10.1. The number of carbonyl (C=O) groups is 2. The lowest BCUT2D eigenvalue weighted by molar-refractivity contribution is -0.287. The van der Waals surface area contributed by atoms with Gasteiger partial charge in [-0.2, -0.15) is 13.2 Å². The molecular formula is C24H17F3N2O3S. The summed E-state index contributed by atoms with van der Waals surface area (Å²) in [6.45, 7) is 0. The number of amides is 2. The van der Waals surface area contributed by atoms with Gasteiger partial charge in [0.05, 0.1) is 10.9 Å². The molecule has 3 aromatic carbocycles. The van der Waals surface area contributed by atoms with Crippen LogP contribution in [0.1, 0.15) is 21.3 Å². The molecule has 0 spiro atoms. The van der Waals surface area contributed by atoms with E-state index in [1.807, 2.05) is 6.07 Å². The molecular weight excluding hydrogens is 453 g/mol. The summed E-state index contributed by atoms with van der Waals surface area (Å²) >= 11 is 0.973. The molecule has 33 heavy (non-hydrogen) atoms. The van der Waals surface area contributed by atoms with Gasteiger partial charge in [0.25, 0.3) is 0 Å². The number of Topliss-reactive ketones (excluding diaryl/α,β-unsaturated/α-hetero) is 1. The summed E-state index contributed by atoms with van der Waals surface area (Å²) in [4.78, 5) is 25.9. The van der Waals surface area contributed by atoms with E-state index in [-0.39, 0.29) is 4.88 Å². The van der Waals surface area contributed by atoms with E-state index >= 15 is 0 Å². The topological polar surface area (TPSA) is 78.4 Å². The van der Waals surface area contributed by atoms with Gasteiger partial charge in [-0.3, -0.25) is 4.79 Å². The zero-order valence-corrected chi connectivity index (χ0v) is 17.7. The first-order chi connectivity index (χ1) is 15.7. The predicted octanol–water partition coefficient (Wildman–Crippen LogP) is 5.16. The van der Waals surface area contributed by atoms with Crippen LogP contribution in [-0.4, -0.2) is 28.8 Å². The van der Waals surface area contributed by atoms with Crippen LogP contribution >= 0.6 is 11.3 Å². The van der Waals surface area contributed by atoms with E-state index in [4.69, 9.17) is 0 Å². The smallest absolute Gasteiger partial charge is 0.363 e. The first-order valence-corrected chi connectivity index (χ1v) is 10.9. The van der Waals surface area contributed by atoms with E-state index in [1.165, 1.54) is 6.07 Å². The molecule has 1 saturated heterocycles. The number of alkyl halides is 3. The highest BCUT2D eigenvalue weighted by Crippen LogP contribution is 2.47. The van der Waals surface area contributed by atoms with Gasteiger partial charge in [0.2, 0.25) is 5.72 Å². The highest BCUT2D eigenvalue weighted by atomic mass is 32.1. The summed E-state index contributed by atoms with van der Waals surface area (Å²) in [6, 6.07) is 16.3. The molecule has 5 nitrogen and oxygen atoms in total. The van der Waals surface area contributed by atoms with Gasteiger partial charge in [0.1, 0.15) is 5.92 Å². The van der Waals surface area contributed by atoms with E-state index in [1.54, 1.807) is 65.3 Å². The number of benzene rings is 3. The number of thiophene rings is 1. The number of fused-ring (bicyclic) bond motifs is 2. The van der Waals surface area contributed by atoms with Gasteiger partial charge in [-0.05, 0) is 44.6 Å². The molecule has 1 aromatic heterocycles. The molecule has 3 unspecified atom stereocenters. The maximum absolute atomic E-state index is 14.2. The molecule has 4 aromatic rings. The standard InChI is InChI=1S/C24H17F3N2O3S/c25-24(26,27)23(32)19(21(30)17-10-5-11-33-17)20(28-22(31)29-23)18-15-8-3-1-6-13(15)12-14-7-2-4-9-16(14)18/h1-12,19-20,32H,(H2,28,29,31). The second-order valence-corrected chi connectivity index (χ2v) is 8.84. The highest BCUT2D eigenvalue weighted by Gasteiger charge is 2.66. The molecule has 5 rings (SSSR count). The summed E-state index contributed by atoms with van der Waals surface area (Å²) in [5.74, 6) is -2.98. The lowest BCUT2D eigenvalue weighted by atomic mass is 9.76. The van der Waals surface area contributed by atoms with Crippen molar-refractivity contribution in [1.29, 1.82) is 0 Å². The van der Waals surface area contributed by atoms with E-state index in [9.17, 15) is 27.9 Å². The fraction of sp³-hybridized carbons (Fsp3) is 0.167. The number of hydrogen-bond donors (Lipinski definition) is 3. The largest absolute Gasteiger partial charge is 0.437 e. The molecule has 1 fully saturated rings. The Morgan fingerprint density at radius 2 is 1.58 bits per heavy atom. The predicted molar refractivity (Wildman–Crippen MR) is 119 cm³/mol. The Hall–Kier alpha value is -3.43. The van der Waals surface area contributed by atoms with Crippen molar-refractivity contribution in [3.63, 3.8) is 0 Å². The Balaban J connectivity index is 1.84. The normalized spacial score (nSPS) is 23.3. The lowest BCUT2D eigenvalue weighted by Crippen LogP contribution is -2.72. The van der Waals surface area contributed by atoms with Crippen LogP contribution in [0.5, 0.6) is 0 Å². The van der Waals surface area contributed by atoms with Gasteiger partial charge in [-0.1, -0.05) is 54.6 Å².